The summed E-state index contributed by atoms with van der Waals surface area (Å²) in [6.07, 6.45) is 4.33. The molecular weight excluding hydrogens is 218 g/mol. The maximum atomic E-state index is 11.8. The van der Waals surface area contributed by atoms with Gasteiger partial charge in [-0.2, -0.15) is 0 Å². The molecule has 0 unspecified atom stereocenters. The molecule has 0 aromatic rings. The van der Waals surface area contributed by atoms with Crippen molar-refractivity contribution >= 4 is 11.9 Å². The Morgan fingerprint density at radius 1 is 1.24 bits per heavy atom. The first-order chi connectivity index (χ1) is 7.96. The maximum Gasteiger partial charge on any atom is 0.310 e. The van der Waals surface area contributed by atoms with E-state index in [1.165, 1.54) is 0 Å². The van der Waals surface area contributed by atoms with Crippen molar-refractivity contribution in [2.45, 2.75) is 52.4 Å². The zero-order valence-electron chi connectivity index (χ0n) is 10.8. The molecule has 0 aromatic carbocycles. The van der Waals surface area contributed by atoms with Gasteiger partial charge in [-0.15, -0.1) is 0 Å². The Kier molecular flexibility index (Phi) is 4.97. The summed E-state index contributed by atoms with van der Waals surface area (Å²) in [7, 11) is 0. The van der Waals surface area contributed by atoms with Gasteiger partial charge in [-0.05, 0) is 18.8 Å². The van der Waals surface area contributed by atoms with Gasteiger partial charge in [0.05, 0.1) is 5.41 Å². The minimum atomic E-state index is -0.808. The average Bonchev–Trinajstić information content (AvgIpc) is 2.27. The van der Waals surface area contributed by atoms with Gasteiger partial charge in [-0.1, -0.05) is 33.1 Å². The van der Waals surface area contributed by atoms with Gasteiger partial charge in [0.2, 0.25) is 5.91 Å². The fourth-order valence-corrected chi connectivity index (χ4v) is 2.38. The van der Waals surface area contributed by atoms with Crippen LogP contribution in [-0.4, -0.2) is 23.5 Å². The summed E-state index contributed by atoms with van der Waals surface area (Å²) in [5.41, 5.74) is -0.806. The van der Waals surface area contributed by atoms with Crippen LogP contribution in [0.1, 0.15) is 52.4 Å². The molecule has 4 nitrogen and oxygen atoms in total. The standard InChI is InChI=1S/C13H23NO3/c1-10(2)9-14-11(15)8-13(12(16)17)6-4-3-5-7-13/h10H,3-9H2,1-2H3,(H,14,15)(H,16,17). The third kappa shape index (κ3) is 4.02. The molecule has 17 heavy (non-hydrogen) atoms. The molecule has 1 fully saturated rings. The second kappa shape index (κ2) is 6.03. The molecule has 2 N–H and O–H groups in total. The van der Waals surface area contributed by atoms with Crippen LogP contribution in [0.15, 0.2) is 0 Å². The molecule has 0 heterocycles. The zero-order chi connectivity index (χ0) is 12.9. The van der Waals surface area contributed by atoms with E-state index in [9.17, 15) is 14.7 Å². The van der Waals surface area contributed by atoms with Crippen molar-refractivity contribution in [1.29, 1.82) is 0 Å². The SMILES string of the molecule is CC(C)CNC(=O)CC1(C(=O)O)CCCCC1. The maximum absolute atomic E-state index is 11.8. The van der Waals surface area contributed by atoms with E-state index in [1.54, 1.807) is 0 Å². The summed E-state index contributed by atoms with van der Waals surface area (Å²) in [6.45, 7) is 4.66. The van der Waals surface area contributed by atoms with Crippen LogP contribution >= 0.6 is 0 Å². The van der Waals surface area contributed by atoms with Crippen LogP contribution in [0.3, 0.4) is 0 Å². The topological polar surface area (TPSA) is 66.4 Å². The molecule has 0 radical (unpaired) electrons. The number of rotatable bonds is 5. The van der Waals surface area contributed by atoms with Gasteiger partial charge < -0.3 is 10.4 Å². The summed E-state index contributed by atoms with van der Waals surface area (Å²) >= 11 is 0. The van der Waals surface area contributed by atoms with Crippen LogP contribution in [0.5, 0.6) is 0 Å². The highest BCUT2D eigenvalue weighted by Gasteiger charge is 2.41. The molecular formula is C13H23NO3. The van der Waals surface area contributed by atoms with Gasteiger partial charge in [-0.25, -0.2) is 0 Å². The largest absolute Gasteiger partial charge is 0.481 e. The average molecular weight is 241 g/mol. The van der Waals surface area contributed by atoms with Crippen LogP contribution in [0.4, 0.5) is 0 Å². The van der Waals surface area contributed by atoms with E-state index in [0.29, 0.717) is 25.3 Å². The summed E-state index contributed by atoms with van der Waals surface area (Å²) in [4.78, 5) is 23.1. The number of amides is 1. The Morgan fingerprint density at radius 2 is 1.82 bits per heavy atom. The normalized spacial score (nSPS) is 19.0. The second-order valence-electron chi connectivity index (χ2n) is 5.52. The first-order valence-electron chi connectivity index (χ1n) is 6.46. The third-order valence-electron chi connectivity index (χ3n) is 3.47. The van der Waals surface area contributed by atoms with Gasteiger partial charge in [0, 0.05) is 13.0 Å². The van der Waals surface area contributed by atoms with Gasteiger partial charge in [0.25, 0.3) is 0 Å². The van der Waals surface area contributed by atoms with E-state index < -0.39 is 11.4 Å². The zero-order valence-corrected chi connectivity index (χ0v) is 10.8. The smallest absolute Gasteiger partial charge is 0.310 e. The Balaban J connectivity index is 2.54. The highest BCUT2D eigenvalue weighted by Crippen LogP contribution is 2.39. The Labute approximate surface area is 103 Å². The van der Waals surface area contributed by atoms with Gasteiger partial charge in [0.15, 0.2) is 0 Å². The van der Waals surface area contributed by atoms with Crippen molar-refractivity contribution in [1.82, 2.24) is 5.32 Å². The molecule has 1 rings (SSSR count). The Bertz CT molecular complexity index is 280. The van der Waals surface area contributed by atoms with Crippen molar-refractivity contribution < 1.29 is 14.7 Å². The number of nitrogens with one attached hydrogen (secondary N) is 1. The number of hydrogen-bond donors (Lipinski definition) is 2. The van der Waals surface area contributed by atoms with Crippen LogP contribution in [0.2, 0.25) is 0 Å². The van der Waals surface area contributed by atoms with Crippen LogP contribution in [0, 0.1) is 11.3 Å². The Morgan fingerprint density at radius 3 is 2.29 bits per heavy atom. The first kappa shape index (κ1) is 14.0. The first-order valence-corrected chi connectivity index (χ1v) is 6.46. The van der Waals surface area contributed by atoms with Crippen molar-refractivity contribution in [3.05, 3.63) is 0 Å². The highest BCUT2D eigenvalue weighted by molar-refractivity contribution is 5.85. The summed E-state index contributed by atoms with van der Waals surface area (Å²) in [5, 5.41) is 12.1. The number of aliphatic carboxylic acids is 1. The molecule has 0 aromatic heterocycles. The summed E-state index contributed by atoms with van der Waals surface area (Å²) in [6, 6.07) is 0. The van der Waals surface area contributed by atoms with E-state index >= 15 is 0 Å². The summed E-state index contributed by atoms with van der Waals surface area (Å²) in [5.74, 6) is -0.536. The molecule has 4 heteroatoms. The molecule has 0 spiro atoms. The van der Waals surface area contributed by atoms with Gasteiger partial charge in [0.1, 0.15) is 0 Å². The van der Waals surface area contributed by atoms with E-state index in [-0.39, 0.29) is 12.3 Å². The minimum Gasteiger partial charge on any atom is -0.481 e. The predicted octanol–water partition coefficient (Wildman–Crippen LogP) is 2.18. The molecule has 0 atom stereocenters. The quantitative estimate of drug-likeness (QED) is 0.775. The molecule has 0 saturated heterocycles. The van der Waals surface area contributed by atoms with Crippen LogP contribution in [0.25, 0.3) is 0 Å². The second-order valence-corrected chi connectivity index (χ2v) is 5.52. The third-order valence-corrected chi connectivity index (χ3v) is 3.47. The van der Waals surface area contributed by atoms with E-state index in [1.807, 2.05) is 13.8 Å². The van der Waals surface area contributed by atoms with Crippen molar-refractivity contribution in [2.75, 3.05) is 6.54 Å². The van der Waals surface area contributed by atoms with E-state index in [4.69, 9.17) is 0 Å². The lowest BCUT2D eigenvalue weighted by Gasteiger charge is -2.32. The number of hydrogen-bond acceptors (Lipinski definition) is 2. The summed E-state index contributed by atoms with van der Waals surface area (Å²) < 4.78 is 0. The molecule has 1 aliphatic carbocycles. The molecule has 0 aliphatic heterocycles. The number of carbonyl (C=O) groups excluding carboxylic acids is 1. The van der Waals surface area contributed by atoms with Gasteiger partial charge >= 0.3 is 5.97 Å². The van der Waals surface area contributed by atoms with E-state index in [0.717, 1.165) is 19.3 Å². The predicted molar refractivity (Wildman–Crippen MR) is 65.6 cm³/mol. The van der Waals surface area contributed by atoms with Crippen molar-refractivity contribution in [3.8, 4) is 0 Å². The van der Waals surface area contributed by atoms with E-state index in [2.05, 4.69) is 5.32 Å². The van der Waals surface area contributed by atoms with Crippen LogP contribution in [-0.2, 0) is 9.59 Å². The molecule has 1 amide bonds. The molecule has 1 aliphatic rings. The molecule has 0 bridgehead atoms. The fraction of sp³-hybridized carbons (Fsp3) is 0.846. The number of carboxylic acid groups (broad SMARTS) is 1. The number of carbonyl (C=O) groups is 2. The van der Waals surface area contributed by atoms with Crippen molar-refractivity contribution in [2.24, 2.45) is 11.3 Å². The highest BCUT2D eigenvalue weighted by atomic mass is 16.4. The molecule has 1 saturated carbocycles. The number of carboxylic acids is 1. The molecule has 98 valence electrons. The van der Waals surface area contributed by atoms with Crippen LogP contribution < -0.4 is 5.32 Å². The lowest BCUT2D eigenvalue weighted by atomic mass is 9.71. The monoisotopic (exact) mass is 241 g/mol. The minimum absolute atomic E-state index is 0.122. The lowest BCUT2D eigenvalue weighted by molar-refractivity contribution is -0.154. The van der Waals surface area contributed by atoms with Crippen molar-refractivity contribution in [3.63, 3.8) is 0 Å². The Hall–Kier alpha value is -1.06. The fourth-order valence-electron chi connectivity index (χ4n) is 2.38. The lowest BCUT2D eigenvalue weighted by Crippen LogP contribution is -2.39. The van der Waals surface area contributed by atoms with Gasteiger partial charge in [-0.3, -0.25) is 9.59 Å².